The summed E-state index contributed by atoms with van der Waals surface area (Å²) < 4.78 is 0. The van der Waals surface area contributed by atoms with Crippen molar-refractivity contribution < 1.29 is 4.84 Å². The van der Waals surface area contributed by atoms with E-state index in [1.165, 1.54) is 22.6 Å². The molecule has 14 heavy (non-hydrogen) atoms. The highest BCUT2D eigenvalue weighted by atomic mass is 32.2. The Labute approximate surface area is 88.3 Å². The van der Waals surface area contributed by atoms with Gasteiger partial charge in [0.15, 0.2) is 0 Å². The summed E-state index contributed by atoms with van der Waals surface area (Å²) in [4.78, 5) is 6.19. The van der Waals surface area contributed by atoms with Crippen LogP contribution in [0.5, 0.6) is 0 Å². The SMILES string of the molecule is CON=C1CCCSc2ccccc21. The zero-order valence-electron chi connectivity index (χ0n) is 8.19. The van der Waals surface area contributed by atoms with E-state index < -0.39 is 0 Å². The van der Waals surface area contributed by atoms with Crippen molar-refractivity contribution in [2.45, 2.75) is 17.7 Å². The Balaban J connectivity index is 2.42. The lowest BCUT2D eigenvalue weighted by atomic mass is 10.1. The van der Waals surface area contributed by atoms with Crippen LogP contribution in [0.15, 0.2) is 34.3 Å². The first kappa shape index (κ1) is 9.59. The van der Waals surface area contributed by atoms with Crippen molar-refractivity contribution >= 4 is 17.5 Å². The molecule has 0 N–H and O–H groups in total. The zero-order chi connectivity index (χ0) is 9.80. The van der Waals surface area contributed by atoms with E-state index in [4.69, 9.17) is 4.84 Å². The number of benzene rings is 1. The maximum absolute atomic E-state index is 4.87. The molecule has 1 aromatic rings. The molecule has 0 spiro atoms. The lowest BCUT2D eigenvalue weighted by molar-refractivity contribution is 0.213. The summed E-state index contributed by atoms with van der Waals surface area (Å²) in [6, 6.07) is 8.39. The third-order valence-electron chi connectivity index (χ3n) is 2.21. The minimum atomic E-state index is 1.01. The molecule has 74 valence electrons. The van der Waals surface area contributed by atoms with Gasteiger partial charge in [-0.3, -0.25) is 0 Å². The molecule has 1 aromatic carbocycles. The first-order valence-corrected chi connectivity index (χ1v) is 5.72. The van der Waals surface area contributed by atoms with Gasteiger partial charge in [0.05, 0.1) is 5.71 Å². The molecule has 0 fully saturated rings. The molecule has 1 aliphatic heterocycles. The van der Waals surface area contributed by atoms with Crippen molar-refractivity contribution in [2.75, 3.05) is 12.9 Å². The van der Waals surface area contributed by atoms with E-state index in [0.29, 0.717) is 0 Å². The van der Waals surface area contributed by atoms with Crippen molar-refractivity contribution in [1.82, 2.24) is 0 Å². The molecule has 1 aliphatic rings. The fourth-order valence-corrected chi connectivity index (χ4v) is 2.62. The largest absolute Gasteiger partial charge is 0.399 e. The Morgan fingerprint density at radius 1 is 1.36 bits per heavy atom. The number of oxime groups is 1. The van der Waals surface area contributed by atoms with Crippen LogP contribution in [-0.2, 0) is 4.84 Å². The van der Waals surface area contributed by atoms with Crippen LogP contribution >= 0.6 is 11.8 Å². The van der Waals surface area contributed by atoms with Crippen LogP contribution in [0.1, 0.15) is 18.4 Å². The topological polar surface area (TPSA) is 21.6 Å². The van der Waals surface area contributed by atoms with Gasteiger partial charge in [-0.15, -0.1) is 11.8 Å². The van der Waals surface area contributed by atoms with Gasteiger partial charge < -0.3 is 4.84 Å². The van der Waals surface area contributed by atoms with Crippen LogP contribution in [0.3, 0.4) is 0 Å². The van der Waals surface area contributed by atoms with Crippen molar-refractivity contribution in [3.05, 3.63) is 29.8 Å². The van der Waals surface area contributed by atoms with Gasteiger partial charge in [0.1, 0.15) is 7.11 Å². The quantitative estimate of drug-likeness (QED) is 0.660. The summed E-state index contributed by atoms with van der Waals surface area (Å²) in [6.45, 7) is 0. The Morgan fingerprint density at radius 3 is 3.07 bits per heavy atom. The van der Waals surface area contributed by atoms with Gasteiger partial charge in [0.25, 0.3) is 0 Å². The van der Waals surface area contributed by atoms with Gasteiger partial charge in [0.2, 0.25) is 0 Å². The van der Waals surface area contributed by atoms with E-state index in [2.05, 4.69) is 29.4 Å². The highest BCUT2D eigenvalue weighted by Crippen LogP contribution is 2.28. The molecule has 0 saturated heterocycles. The Morgan fingerprint density at radius 2 is 2.21 bits per heavy atom. The lowest BCUT2D eigenvalue weighted by Crippen LogP contribution is -2.01. The van der Waals surface area contributed by atoms with E-state index in [1.807, 2.05) is 11.8 Å². The number of hydrogen-bond donors (Lipinski definition) is 0. The third-order valence-corrected chi connectivity index (χ3v) is 3.37. The number of hydrogen-bond acceptors (Lipinski definition) is 3. The summed E-state index contributed by atoms with van der Waals surface area (Å²) in [5.74, 6) is 1.17. The molecule has 3 heteroatoms. The van der Waals surface area contributed by atoms with Crippen LogP contribution < -0.4 is 0 Å². The Hall–Kier alpha value is -0.960. The average molecular weight is 207 g/mol. The Kier molecular flexibility index (Phi) is 3.09. The van der Waals surface area contributed by atoms with Crippen LogP contribution in [0.25, 0.3) is 0 Å². The fraction of sp³-hybridized carbons (Fsp3) is 0.364. The summed E-state index contributed by atoms with van der Waals surface area (Å²) in [6.07, 6.45) is 2.18. The van der Waals surface area contributed by atoms with Gasteiger partial charge >= 0.3 is 0 Å². The molecule has 0 saturated carbocycles. The Bertz CT molecular complexity index is 349. The van der Waals surface area contributed by atoms with Crippen molar-refractivity contribution in [1.29, 1.82) is 0 Å². The van der Waals surface area contributed by atoms with Crippen LogP contribution in [0.2, 0.25) is 0 Å². The minimum Gasteiger partial charge on any atom is -0.399 e. The lowest BCUT2D eigenvalue weighted by Gasteiger charge is -2.05. The average Bonchev–Trinajstić information content (AvgIpc) is 2.42. The number of thioether (sulfide) groups is 1. The number of nitrogens with zero attached hydrogens (tertiary/aromatic N) is 1. The summed E-state index contributed by atoms with van der Waals surface area (Å²) >= 11 is 1.90. The van der Waals surface area contributed by atoms with E-state index in [1.54, 1.807) is 7.11 Å². The van der Waals surface area contributed by atoms with Crippen molar-refractivity contribution in [2.24, 2.45) is 5.16 Å². The molecule has 0 aromatic heterocycles. The van der Waals surface area contributed by atoms with Gasteiger partial charge in [-0.1, -0.05) is 23.4 Å². The predicted octanol–water partition coefficient (Wildman–Crippen LogP) is 2.92. The molecular weight excluding hydrogens is 194 g/mol. The van der Waals surface area contributed by atoms with Gasteiger partial charge in [-0.2, -0.15) is 0 Å². The maximum Gasteiger partial charge on any atom is 0.106 e. The second kappa shape index (κ2) is 4.51. The van der Waals surface area contributed by atoms with Crippen LogP contribution in [0, 0.1) is 0 Å². The van der Waals surface area contributed by atoms with Gasteiger partial charge in [-0.05, 0) is 24.7 Å². The summed E-state index contributed by atoms with van der Waals surface area (Å²) in [5, 5.41) is 4.09. The standard InChI is InChI=1S/C11H13NOS/c1-13-12-10-6-4-8-14-11-7-3-2-5-9(10)11/h2-3,5,7H,4,6,8H2,1H3. The highest BCUT2D eigenvalue weighted by Gasteiger charge is 2.13. The second-order valence-electron chi connectivity index (χ2n) is 3.17. The van der Waals surface area contributed by atoms with Crippen LogP contribution in [0.4, 0.5) is 0 Å². The van der Waals surface area contributed by atoms with E-state index in [-0.39, 0.29) is 0 Å². The van der Waals surface area contributed by atoms with Gasteiger partial charge in [0, 0.05) is 10.5 Å². The molecular formula is C11H13NOS. The molecule has 0 bridgehead atoms. The van der Waals surface area contributed by atoms with E-state index >= 15 is 0 Å². The second-order valence-corrected chi connectivity index (χ2v) is 4.31. The summed E-state index contributed by atoms with van der Waals surface area (Å²) in [7, 11) is 1.60. The van der Waals surface area contributed by atoms with E-state index in [9.17, 15) is 0 Å². The number of fused-ring (bicyclic) bond motifs is 1. The fourth-order valence-electron chi connectivity index (χ4n) is 1.59. The van der Waals surface area contributed by atoms with Crippen LogP contribution in [-0.4, -0.2) is 18.6 Å². The monoisotopic (exact) mass is 207 g/mol. The van der Waals surface area contributed by atoms with Crippen molar-refractivity contribution in [3.63, 3.8) is 0 Å². The first-order valence-electron chi connectivity index (χ1n) is 4.74. The van der Waals surface area contributed by atoms with Crippen molar-refractivity contribution in [3.8, 4) is 0 Å². The normalized spacial score (nSPS) is 18.8. The molecule has 1 heterocycles. The molecule has 0 atom stereocenters. The molecule has 0 unspecified atom stereocenters. The maximum atomic E-state index is 4.87. The van der Waals surface area contributed by atoms with E-state index in [0.717, 1.165) is 12.1 Å². The van der Waals surface area contributed by atoms with Gasteiger partial charge in [-0.25, -0.2) is 0 Å². The molecule has 0 amide bonds. The predicted molar refractivity (Wildman–Crippen MR) is 59.9 cm³/mol. The third kappa shape index (κ3) is 1.93. The smallest absolute Gasteiger partial charge is 0.106 e. The molecule has 2 nitrogen and oxygen atoms in total. The summed E-state index contributed by atoms with van der Waals surface area (Å²) in [5.41, 5.74) is 2.31. The number of rotatable bonds is 1. The first-order chi connectivity index (χ1) is 6.92. The molecule has 0 aliphatic carbocycles. The molecule has 0 radical (unpaired) electrons. The zero-order valence-corrected chi connectivity index (χ0v) is 9.01. The minimum absolute atomic E-state index is 1.01. The highest BCUT2D eigenvalue weighted by molar-refractivity contribution is 7.99. The molecule has 2 rings (SSSR count).